The lowest BCUT2D eigenvalue weighted by molar-refractivity contribution is 0.172. The largest absolute Gasteiger partial charge is 0.453 e. The fraction of sp³-hybridized carbons (Fsp3) is 0.538. The highest BCUT2D eigenvalue weighted by molar-refractivity contribution is 9.10. The number of rotatable bonds is 4. The van der Waals surface area contributed by atoms with E-state index in [9.17, 15) is 0 Å². The van der Waals surface area contributed by atoms with Gasteiger partial charge in [0.2, 0.25) is 6.79 Å². The van der Waals surface area contributed by atoms with Crippen molar-refractivity contribution in [1.29, 1.82) is 0 Å². The number of hydrogen-bond acceptors (Lipinski definition) is 3. The van der Waals surface area contributed by atoms with Crippen LogP contribution >= 0.6 is 15.9 Å². The SMILES string of the molecule is CCc1c(C(C)CCN)cc(Br)c2c1OCO2. The van der Waals surface area contributed by atoms with Gasteiger partial charge in [-0.3, -0.25) is 0 Å². The van der Waals surface area contributed by atoms with Gasteiger partial charge in [0.05, 0.1) is 4.47 Å². The Morgan fingerprint density at radius 3 is 2.76 bits per heavy atom. The van der Waals surface area contributed by atoms with Crippen molar-refractivity contribution in [2.24, 2.45) is 5.73 Å². The molecule has 0 amide bonds. The number of fused-ring (bicyclic) bond motifs is 1. The Labute approximate surface area is 110 Å². The van der Waals surface area contributed by atoms with Crippen molar-refractivity contribution in [1.82, 2.24) is 0 Å². The average Bonchev–Trinajstić information content (AvgIpc) is 2.78. The molecule has 94 valence electrons. The Bertz CT molecular complexity index is 420. The van der Waals surface area contributed by atoms with E-state index in [0.29, 0.717) is 19.3 Å². The summed E-state index contributed by atoms with van der Waals surface area (Å²) in [5, 5.41) is 0. The number of halogens is 1. The van der Waals surface area contributed by atoms with Gasteiger partial charge in [-0.15, -0.1) is 0 Å². The van der Waals surface area contributed by atoms with Crippen LogP contribution in [0.15, 0.2) is 10.5 Å². The highest BCUT2D eigenvalue weighted by Gasteiger charge is 2.24. The predicted molar refractivity (Wildman–Crippen MR) is 71.7 cm³/mol. The molecule has 1 unspecified atom stereocenters. The van der Waals surface area contributed by atoms with Gasteiger partial charge in [0.25, 0.3) is 0 Å². The number of ether oxygens (including phenoxy) is 2. The fourth-order valence-corrected chi connectivity index (χ4v) is 2.85. The van der Waals surface area contributed by atoms with Gasteiger partial charge < -0.3 is 15.2 Å². The summed E-state index contributed by atoms with van der Waals surface area (Å²) in [6.07, 6.45) is 1.93. The van der Waals surface area contributed by atoms with Crippen molar-refractivity contribution in [3.8, 4) is 11.5 Å². The lowest BCUT2D eigenvalue weighted by Gasteiger charge is -2.17. The smallest absolute Gasteiger partial charge is 0.231 e. The molecule has 1 heterocycles. The average molecular weight is 300 g/mol. The highest BCUT2D eigenvalue weighted by Crippen LogP contribution is 2.45. The van der Waals surface area contributed by atoms with Gasteiger partial charge in [0.1, 0.15) is 0 Å². The minimum Gasteiger partial charge on any atom is -0.453 e. The van der Waals surface area contributed by atoms with E-state index in [2.05, 4.69) is 35.8 Å². The second kappa shape index (κ2) is 5.27. The molecule has 0 saturated heterocycles. The van der Waals surface area contributed by atoms with Gasteiger partial charge in [0.15, 0.2) is 11.5 Å². The summed E-state index contributed by atoms with van der Waals surface area (Å²) < 4.78 is 12.0. The van der Waals surface area contributed by atoms with Gasteiger partial charge in [-0.1, -0.05) is 13.8 Å². The zero-order valence-corrected chi connectivity index (χ0v) is 11.8. The zero-order chi connectivity index (χ0) is 12.4. The summed E-state index contributed by atoms with van der Waals surface area (Å²) in [5.41, 5.74) is 8.21. The molecule has 1 aliphatic rings. The molecule has 0 spiro atoms. The van der Waals surface area contributed by atoms with E-state index in [-0.39, 0.29) is 0 Å². The van der Waals surface area contributed by atoms with Crippen molar-refractivity contribution in [3.05, 3.63) is 21.7 Å². The van der Waals surface area contributed by atoms with E-state index >= 15 is 0 Å². The van der Waals surface area contributed by atoms with Crippen molar-refractivity contribution in [2.75, 3.05) is 13.3 Å². The first-order chi connectivity index (χ1) is 8.19. The van der Waals surface area contributed by atoms with Crippen molar-refractivity contribution in [3.63, 3.8) is 0 Å². The van der Waals surface area contributed by atoms with E-state index in [0.717, 1.165) is 28.8 Å². The molecule has 0 aromatic heterocycles. The Hall–Kier alpha value is -0.740. The topological polar surface area (TPSA) is 44.5 Å². The van der Waals surface area contributed by atoms with Crippen LogP contribution in [-0.2, 0) is 6.42 Å². The molecule has 4 heteroatoms. The van der Waals surface area contributed by atoms with Crippen LogP contribution in [0.1, 0.15) is 37.3 Å². The first-order valence-electron chi connectivity index (χ1n) is 6.00. The van der Waals surface area contributed by atoms with Gasteiger partial charge in [-0.25, -0.2) is 0 Å². The second-order valence-corrected chi connectivity index (χ2v) is 5.18. The standard InChI is InChI=1S/C13H18BrNO2/c1-3-9-10(8(2)4-5-15)6-11(14)13-12(9)16-7-17-13/h6,8H,3-5,7,15H2,1-2H3. The minimum atomic E-state index is 0.315. The molecule has 1 aromatic rings. The minimum absolute atomic E-state index is 0.315. The summed E-state index contributed by atoms with van der Waals surface area (Å²) in [6, 6.07) is 2.15. The maximum Gasteiger partial charge on any atom is 0.231 e. The molecule has 2 rings (SSSR count). The molecular weight excluding hydrogens is 282 g/mol. The van der Waals surface area contributed by atoms with Crippen LogP contribution in [0, 0.1) is 0 Å². The molecule has 1 atom stereocenters. The van der Waals surface area contributed by atoms with Crippen LogP contribution in [0.3, 0.4) is 0 Å². The number of nitrogens with two attached hydrogens (primary N) is 1. The highest BCUT2D eigenvalue weighted by atomic mass is 79.9. The van der Waals surface area contributed by atoms with Crippen LogP contribution in [-0.4, -0.2) is 13.3 Å². The third kappa shape index (κ3) is 2.29. The monoisotopic (exact) mass is 299 g/mol. The quantitative estimate of drug-likeness (QED) is 0.928. The molecule has 0 aliphatic carbocycles. The van der Waals surface area contributed by atoms with Gasteiger partial charge in [-0.05, 0) is 52.9 Å². The summed E-state index contributed by atoms with van der Waals surface area (Å²) >= 11 is 3.54. The van der Waals surface area contributed by atoms with E-state index in [4.69, 9.17) is 15.2 Å². The summed E-state index contributed by atoms with van der Waals surface area (Å²) in [6.45, 7) is 5.37. The normalized spacial score (nSPS) is 15.1. The Kier molecular flexibility index (Phi) is 3.94. The van der Waals surface area contributed by atoms with Crippen LogP contribution < -0.4 is 15.2 Å². The van der Waals surface area contributed by atoms with Crippen LogP contribution in [0.5, 0.6) is 11.5 Å². The number of benzene rings is 1. The maximum absolute atomic E-state index is 5.64. The summed E-state index contributed by atoms with van der Waals surface area (Å²) in [5.74, 6) is 2.19. The van der Waals surface area contributed by atoms with Crippen LogP contribution in [0.4, 0.5) is 0 Å². The molecule has 0 saturated carbocycles. The van der Waals surface area contributed by atoms with E-state index in [1.54, 1.807) is 0 Å². The molecule has 0 fully saturated rings. The molecule has 3 nitrogen and oxygen atoms in total. The zero-order valence-electron chi connectivity index (χ0n) is 10.3. The van der Waals surface area contributed by atoms with Gasteiger partial charge in [-0.2, -0.15) is 0 Å². The van der Waals surface area contributed by atoms with Crippen molar-refractivity contribution < 1.29 is 9.47 Å². The predicted octanol–water partition coefficient (Wildman–Crippen LogP) is 3.19. The van der Waals surface area contributed by atoms with Gasteiger partial charge >= 0.3 is 0 Å². The van der Waals surface area contributed by atoms with Crippen molar-refractivity contribution in [2.45, 2.75) is 32.6 Å². The summed E-state index contributed by atoms with van der Waals surface area (Å²) in [7, 11) is 0. The lowest BCUT2D eigenvalue weighted by Crippen LogP contribution is -2.07. The van der Waals surface area contributed by atoms with Crippen LogP contribution in [0.25, 0.3) is 0 Å². The van der Waals surface area contributed by atoms with Crippen molar-refractivity contribution >= 4 is 15.9 Å². The van der Waals surface area contributed by atoms with Gasteiger partial charge in [0, 0.05) is 5.56 Å². The third-order valence-corrected chi connectivity index (χ3v) is 3.81. The molecule has 1 aromatic carbocycles. The maximum atomic E-state index is 5.64. The van der Waals surface area contributed by atoms with E-state index < -0.39 is 0 Å². The second-order valence-electron chi connectivity index (χ2n) is 4.32. The number of hydrogen-bond donors (Lipinski definition) is 1. The Morgan fingerprint density at radius 1 is 1.41 bits per heavy atom. The Balaban J connectivity index is 2.48. The first kappa shape index (κ1) is 12.7. The molecule has 2 N–H and O–H groups in total. The lowest BCUT2D eigenvalue weighted by atomic mass is 9.91. The molecule has 0 bridgehead atoms. The van der Waals surface area contributed by atoms with Crippen LogP contribution in [0.2, 0.25) is 0 Å². The molecular formula is C13H18BrNO2. The van der Waals surface area contributed by atoms with E-state index in [1.165, 1.54) is 11.1 Å². The fourth-order valence-electron chi connectivity index (χ4n) is 2.31. The summed E-state index contributed by atoms with van der Waals surface area (Å²) in [4.78, 5) is 0. The molecule has 17 heavy (non-hydrogen) atoms. The molecule has 0 radical (unpaired) electrons. The first-order valence-corrected chi connectivity index (χ1v) is 6.79. The molecule has 1 aliphatic heterocycles. The Morgan fingerprint density at radius 2 is 2.12 bits per heavy atom. The van der Waals surface area contributed by atoms with E-state index in [1.807, 2.05) is 0 Å². The third-order valence-electron chi connectivity index (χ3n) is 3.22.